The van der Waals surface area contributed by atoms with Gasteiger partial charge in [0.1, 0.15) is 5.60 Å². The first-order valence-electron chi connectivity index (χ1n) is 4.20. The van der Waals surface area contributed by atoms with E-state index in [4.69, 9.17) is 4.74 Å². The van der Waals surface area contributed by atoms with Crippen LogP contribution >= 0.6 is 0 Å². The van der Waals surface area contributed by atoms with Crippen molar-refractivity contribution >= 4 is 6.29 Å². The van der Waals surface area contributed by atoms with Crippen LogP contribution in [0, 0.1) is 0 Å². The lowest BCUT2D eigenvalue weighted by molar-refractivity contribution is -0.137. The van der Waals surface area contributed by atoms with Gasteiger partial charge in [-0.1, -0.05) is 6.92 Å². The van der Waals surface area contributed by atoms with Crippen molar-refractivity contribution in [3.63, 3.8) is 0 Å². The number of carbonyl (C=O) groups is 1. The minimum Gasteiger partial charge on any atom is -0.362 e. The molecule has 0 aromatic carbocycles. The van der Waals surface area contributed by atoms with Crippen molar-refractivity contribution in [3.05, 3.63) is 0 Å². The summed E-state index contributed by atoms with van der Waals surface area (Å²) in [5.41, 5.74) is -0.569. The lowest BCUT2D eigenvalue weighted by Crippen LogP contribution is -2.32. The SMILES string of the molecule is CCC1(C=O)CCC(C)(C)O1. The molecule has 64 valence electrons. The van der Waals surface area contributed by atoms with E-state index in [1.54, 1.807) is 0 Å². The maximum atomic E-state index is 10.7. The minimum absolute atomic E-state index is 0.100. The van der Waals surface area contributed by atoms with Gasteiger partial charge >= 0.3 is 0 Å². The Morgan fingerprint density at radius 1 is 1.45 bits per heavy atom. The third-order valence-electron chi connectivity index (χ3n) is 2.44. The normalized spacial score (nSPS) is 35.5. The van der Waals surface area contributed by atoms with E-state index in [0.717, 1.165) is 25.5 Å². The molecular weight excluding hydrogens is 140 g/mol. The number of hydrogen-bond acceptors (Lipinski definition) is 2. The monoisotopic (exact) mass is 156 g/mol. The zero-order valence-corrected chi connectivity index (χ0v) is 7.52. The zero-order valence-electron chi connectivity index (χ0n) is 7.52. The Hall–Kier alpha value is -0.370. The molecule has 1 heterocycles. The first kappa shape index (κ1) is 8.72. The second-order valence-corrected chi connectivity index (χ2v) is 3.90. The van der Waals surface area contributed by atoms with Gasteiger partial charge in [0.2, 0.25) is 0 Å². The largest absolute Gasteiger partial charge is 0.362 e. The fourth-order valence-electron chi connectivity index (χ4n) is 1.58. The highest BCUT2D eigenvalue weighted by Gasteiger charge is 2.42. The van der Waals surface area contributed by atoms with E-state index in [-0.39, 0.29) is 5.60 Å². The second kappa shape index (κ2) is 2.59. The number of ether oxygens (including phenoxy) is 1. The van der Waals surface area contributed by atoms with Gasteiger partial charge in [-0.15, -0.1) is 0 Å². The van der Waals surface area contributed by atoms with E-state index in [0.29, 0.717) is 0 Å². The third kappa shape index (κ3) is 1.62. The van der Waals surface area contributed by atoms with E-state index in [1.165, 1.54) is 0 Å². The van der Waals surface area contributed by atoms with Crippen LogP contribution in [0.5, 0.6) is 0 Å². The first-order chi connectivity index (χ1) is 5.04. The van der Waals surface area contributed by atoms with E-state index < -0.39 is 5.60 Å². The van der Waals surface area contributed by atoms with Crippen LogP contribution in [0.25, 0.3) is 0 Å². The van der Waals surface area contributed by atoms with Crippen LogP contribution < -0.4 is 0 Å². The molecular formula is C9H16O2. The van der Waals surface area contributed by atoms with E-state index in [9.17, 15) is 4.79 Å². The third-order valence-corrected chi connectivity index (χ3v) is 2.44. The maximum absolute atomic E-state index is 10.7. The fraction of sp³-hybridized carbons (Fsp3) is 0.889. The molecule has 0 bridgehead atoms. The number of aldehydes is 1. The van der Waals surface area contributed by atoms with Crippen molar-refractivity contribution in [2.45, 2.75) is 51.2 Å². The second-order valence-electron chi connectivity index (χ2n) is 3.90. The van der Waals surface area contributed by atoms with Crippen LogP contribution in [0.2, 0.25) is 0 Å². The van der Waals surface area contributed by atoms with Crippen molar-refractivity contribution in [2.75, 3.05) is 0 Å². The molecule has 2 heteroatoms. The number of rotatable bonds is 2. The van der Waals surface area contributed by atoms with Crippen molar-refractivity contribution in [1.82, 2.24) is 0 Å². The van der Waals surface area contributed by atoms with Crippen LogP contribution in [0.15, 0.2) is 0 Å². The van der Waals surface area contributed by atoms with Gasteiger partial charge in [-0.2, -0.15) is 0 Å². The van der Waals surface area contributed by atoms with Crippen molar-refractivity contribution in [3.8, 4) is 0 Å². The van der Waals surface area contributed by atoms with E-state index in [2.05, 4.69) is 0 Å². The van der Waals surface area contributed by atoms with Crippen LogP contribution in [-0.2, 0) is 9.53 Å². The van der Waals surface area contributed by atoms with Crippen LogP contribution in [0.4, 0.5) is 0 Å². The predicted molar refractivity (Wildman–Crippen MR) is 43.5 cm³/mol. The Bertz CT molecular complexity index is 163. The van der Waals surface area contributed by atoms with Crippen LogP contribution in [-0.4, -0.2) is 17.5 Å². The molecule has 0 spiro atoms. The topological polar surface area (TPSA) is 26.3 Å². The molecule has 1 aliphatic rings. The van der Waals surface area contributed by atoms with Gasteiger partial charge < -0.3 is 9.53 Å². The number of carbonyl (C=O) groups excluding carboxylic acids is 1. The molecule has 1 fully saturated rings. The molecule has 0 aromatic rings. The summed E-state index contributed by atoms with van der Waals surface area (Å²) >= 11 is 0. The zero-order chi connectivity index (χ0) is 8.54. The van der Waals surface area contributed by atoms with Gasteiger partial charge in [0.25, 0.3) is 0 Å². The molecule has 1 saturated heterocycles. The van der Waals surface area contributed by atoms with Crippen LogP contribution in [0.1, 0.15) is 40.0 Å². The average Bonchev–Trinajstić information content (AvgIpc) is 2.28. The quantitative estimate of drug-likeness (QED) is 0.571. The van der Waals surface area contributed by atoms with Gasteiger partial charge in [0.15, 0.2) is 6.29 Å². The molecule has 11 heavy (non-hydrogen) atoms. The summed E-state index contributed by atoms with van der Waals surface area (Å²) in [4.78, 5) is 10.7. The van der Waals surface area contributed by atoms with Crippen LogP contribution in [0.3, 0.4) is 0 Å². The Labute approximate surface area is 67.9 Å². The van der Waals surface area contributed by atoms with Gasteiger partial charge in [0, 0.05) is 0 Å². The average molecular weight is 156 g/mol. The molecule has 1 rings (SSSR count). The molecule has 0 amide bonds. The molecule has 2 nitrogen and oxygen atoms in total. The van der Waals surface area contributed by atoms with Crippen molar-refractivity contribution < 1.29 is 9.53 Å². The summed E-state index contributed by atoms with van der Waals surface area (Å²) in [7, 11) is 0. The molecule has 1 atom stereocenters. The Kier molecular flexibility index (Phi) is 2.06. The molecule has 0 aliphatic carbocycles. The van der Waals surface area contributed by atoms with Gasteiger partial charge in [-0.05, 0) is 33.1 Å². The molecule has 0 radical (unpaired) electrons. The van der Waals surface area contributed by atoms with Crippen molar-refractivity contribution in [1.29, 1.82) is 0 Å². The molecule has 0 N–H and O–H groups in total. The predicted octanol–water partition coefficient (Wildman–Crippen LogP) is 1.92. The van der Waals surface area contributed by atoms with Gasteiger partial charge in [-0.25, -0.2) is 0 Å². The highest BCUT2D eigenvalue weighted by molar-refractivity contribution is 5.63. The summed E-state index contributed by atoms with van der Waals surface area (Å²) in [6.07, 6.45) is 3.61. The first-order valence-corrected chi connectivity index (χ1v) is 4.20. The summed E-state index contributed by atoms with van der Waals surface area (Å²) < 4.78 is 5.67. The lowest BCUT2D eigenvalue weighted by atomic mass is 9.97. The Morgan fingerprint density at radius 3 is 2.27 bits per heavy atom. The van der Waals surface area contributed by atoms with E-state index in [1.807, 2.05) is 20.8 Å². The van der Waals surface area contributed by atoms with E-state index >= 15 is 0 Å². The Morgan fingerprint density at radius 2 is 2.09 bits per heavy atom. The minimum atomic E-state index is -0.469. The Balaban J connectivity index is 2.70. The maximum Gasteiger partial charge on any atom is 0.151 e. The molecule has 0 saturated carbocycles. The van der Waals surface area contributed by atoms with Gasteiger partial charge in [-0.3, -0.25) is 0 Å². The van der Waals surface area contributed by atoms with Gasteiger partial charge in [0.05, 0.1) is 5.60 Å². The van der Waals surface area contributed by atoms with Crippen molar-refractivity contribution in [2.24, 2.45) is 0 Å². The summed E-state index contributed by atoms with van der Waals surface area (Å²) in [5.74, 6) is 0. The smallest absolute Gasteiger partial charge is 0.151 e. The standard InChI is InChI=1S/C9H16O2/c1-4-9(7-10)6-5-8(2,3)11-9/h7H,4-6H2,1-3H3. The summed E-state index contributed by atoms with van der Waals surface area (Å²) in [6, 6.07) is 0. The highest BCUT2D eigenvalue weighted by atomic mass is 16.5. The molecule has 0 aromatic heterocycles. The lowest BCUT2D eigenvalue weighted by Gasteiger charge is -2.25. The number of hydrogen-bond donors (Lipinski definition) is 0. The fourth-order valence-corrected chi connectivity index (χ4v) is 1.58. The highest BCUT2D eigenvalue weighted by Crippen LogP contribution is 2.37. The summed E-state index contributed by atoms with van der Waals surface area (Å²) in [6.45, 7) is 6.07. The summed E-state index contributed by atoms with van der Waals surface area (Å²) in [5, 5.41) is 0. The molecule has 1 unspecified atom stereocenters. The molecule has 1 aliphatic heterocycles.